The van der Waals surface area contributed by atoms with E-state index in [1.807, 2.05) is 12.1 Å². The highest BCUT2D eigenvalue weighted by atomic mass is 79.9. The molecule has 1 aromatic carbocycles. The van der Waals surface area contributed by atoms with Crippen molar-refractivity contribution >= 4 is 48.9 Å². The molecule has 0 fully saturated rings. The average Bonchev–Trinajstić information content (AvgIpc) is 2.74. The van der Waals surface area contributed by atoms with E-state index in [0.717, 1.165) is 8.66 Å². The zero-order valence-corrected chi connectivity index (χ0v) is 14.0. The van der Waals surface area contributed by atoms with Crippen LogP contribution in [-0.4, -0.2) is 19.8 Å². The second kappa shape index (κ2) is 5.93. The molecule has 0 saturated carbocycles. The second-order valence-electron chi connectivity index (χ2n) is 3.92. The van der Waals surface area contributed by atoms with Gasteiger partial charge in [0.15, 0.2) is 0 Å². The summed E-state index contributed by atoms with van der Waals surface area (Å²) in [5.74, 6) is 0. The molecule has 0 spiro atoms. The zero-order valence-electron chi connectivity index (χ0n) is 10.0. The highest BCUT2D eigenvalue weighted by Gasteiger charge is 2.21. The van der Waals surface area contributed by atoms with Crippen LogP contribution in [0.5, 0.6) is 0 Å². The van der Waals surface area contributed by atoms with E-state index in [2.05, 4.69) is 15.9 Å². The highest BCUT2D eigenvalue weighted by Crippen LogP contribution is 2.25. The summed E-state index contributed by atoms with van der Waals surface area (Å²) in [6.45, 7) is 0.338. The van der Waals surface area contributed by atoms with Gasteiger partial charge in [-0.3, -0.25) is 0 Å². The summed E-state index contributed by atoms with van der Waals surface area (Å²) in [6, 6.07) is 10.1. The number of sulfonamides is 1. The minimum absolute atomic E-state index is 0.207. The lowest BCUT2D eigenvalue weighted by Gasteiger charge is -2.16. The summed E-state index contributed by atoms with van der Waals surface area (Å²) >= 11 is 10.7. The lowest BCUT2D eigenvalue weighted by molar-refractivity contribution is 0.469. The van der Waals surface area contributed by atoms with Gasteiger partial charge in [-0.05, 0) is 46.3 Å². The van der Waals surface area contributed by atoms with Crippen molar-refractivity contribution in [2.45, 2.75) is 11.4 Å². The van der Waals surface area contributed by atoms with Crippen LogP contribution in [0.1, 0.15) is 4.88 Å². The van der Waals surface area contributed by atoms with E-state index in [0.29, 0.717) is 11.6 Å². The predicted molar refractivity (Wildman–Crippen MR) is 82.1 cm³/mol. The molecule has 1 aromatic heterocycles. The van der Waals surface area contributed by atoms with Crippen LogP contribution in [0.25, 0.3) is 0 Å². The maximum Gasteiger partial charge on any atom is 0.243 e. The van der Waals surface area contributed by atoms with Crippen LogP contribution < -0.4 is 0 Å². The molecule has 0 aliphatic rings. The molecule has 0 N–H and O–H groups in total. The van der Waals surface area contributed by atoms with Crippen molar-refractivity contribution in [2.75, 3.05) is 7.05 Å². The molecular weight excluding hydrogens is 370 g/mol. The van der Waals surface area contributed by atoms with Crippen molar-refractivity contribution in [3.05, 3.63) is 50.1 Å². The zero-order chi connectivity index (χ0) is 14.0. The van der Waals surface area contributed by atoms with Gasteiger partial charge in [-0.2, -0.15) is 4.31 Å². The lowest BCUT2D eigenvalue weighted by atomic mass is 10.4. The van der Waals surface area contributed by atoms with E-state index in [1.54, 1.807) is 25.2 Å². The number of hydrogen-bond donors (Lipinski definition) is 0. The standard InChI is InChI=1S/C12H11BrClNO2S2/c1-15(8-10-5-6-12(13)18-10)19(16,17)11-4-2-3-9(14)7-11/h2-7H,8H2,1H3. The van der Waals surface area contributed by atoms with Crippen molar-refractivity contribution in [2.24, 2.45) is 0 Å². The molecule has 0 atom stereocenters. The van der Waals surface area contributed by atoms with Crippen molar-refractivity contribution in [1.82, 2.24) is 4.31 Å². The number of hydrogen-bond acceptors (Lipinski definition) is 3. The molecule has 7 heteroatoms. The van der Waals surface area contributed by atoms with Gasteiger partial charge in [0.25, 0.3) is 0 Å². The number of halogens is 2. The summed E-state index contributed by atoms with van der Waals surface area (Å²) < 4.78 is 27.0. The second-order valence-corrected chi connectivity index (χ2v) is 8.95. The fourth-order valence-corrected chi connectivity index (χ4v) is 4.62. The van der Waals surface area contributed by atoms with Crippen LogP contribution in [-0.2, 0) is 16.6 Å². The Balaban J connectivity index is 2.24. The van der Waals surface area contributed by atoms with Gasteiger partial charge in [0.1, 0.15) is 0 Å². The fourth-order valence-electron chi connectivity index (χ4n) is 1.55. The topological polar surface area (TPSA) is 37.4 Å². The maximum atomic E-state index is 12.4. The van der Waals surface area contributed by atoms with Crippen molar-refractivity contribution in [3.8, 4) is 0 Å². The third-order valence-corrected chi connectivity index (χ3v) is 6.15. The van der Waals surface area contributed by atoms with Gasteiger partial charge in [-0.1, -0.05) is 17.7 Å². The van der Waals surface area contributed by atoms with E-state index in [9.17, 15) is 8.42 Å². The fraction of sp³-hybridized carbons (Fsp3) is 0.167. The molecule has 3 nitrogen and oxygen atoms in total. The molecule has 1 heterocycles. The number of thiophene rings is 1. The molecule has 0 unspecified atom stereocenters. The third-order valence-electron chi connectivity index (χ3n) is 2.51. The van der Waals surface area contributed by atoms with Gasteiger partial charge in [0.05, 0.1) is 8.68 Å². The Morgan fingerprint density at radius 3 is 2.63 bits per heavy atom. The SMILES string of the molecule is CN(Cc1ccc(Br)s1)S(=O)(=O)c1cccc(Cl)c1. The average molecular weight is 381 g/mol. The van der Waals surface area contributed by atoms with Crippen LogP contribution in [0, 0.1) is 0 Å². The Bertz CT molecular complexity index is 685. The van der Waals surface area contributed by atoms with E-state index < -0.39 is 10.0 Å². The Kier molecular flexibility index (Phi) is 4.68. The summed E-state index contributed by atoms with van der Waals surface area (Å²) in [4.78, 5) is 1.18. The van der Waals surface area contributed by atoms with Crippen molar-refractivity contribution in [3.63, 3.8) is 0 Å². The molecule has 102 valence electrons. The molecule has 0 aliphatic carbocycles. The molecule has 0 radical (unpaired) electrons. The lowest BCUT2D eigenvalue weighted by Crippen LogP contribution is -2.26. The first-order chi connectivity index (χ1) is 8.89. The normalized spacial score (nSPS) is 12.0. The first-order valence-corrected chi connectivity index (χ1v) is 8.78. The molecule has 2 rings (SSSR count). The van der Waals surface area contributed by atoms with Crippen molar-refractivity contribution < 1.29 is 8.42 Å². The van der Waals surface area contributed by atoms with Gasteiger partial charge in [-0.25, -0.2) is 8.42 Å². The van der Waals surface area contributed by atoms with Crippen LogP contribution in [0.2, 0.25) is 5.02 Å². The third kappa shape index (κ3) is 3.58. The largest absolute Gasteiger partial charge is 0.243 e. The minimum atomic E-state index is -3.51. The number of benzene rings is 1. The first-order valence-electron chi connectivity index (χ1n) is 5.36. The smallest absolute Gasteiger partial charge is 0.207 e. The van der Waals surface area contributed by atoms with E-state index in [-0.39, 0.29) is 4.90 Å². The van der Waals surface area contributed by atoms with E-state index in [4.69, 9.17) is 11.6 Å². The van der Waals surface area contributed by atoms with Crippen LogP contribution in [0.15, 0.2) is 45.1 Å². The number of nitrogens with zero attached hydrogens (tertiary/aromatic N) is 1. The Labute approximate surface area is 130 Å². The molecule has 2 aromatic rings. The molecule has 0 amide bonds. The van der Waals surface area contributed by atoms with Gasteiger partial charge in [-0.15, -0.1) is 11.3 Å². The maximum absolute atomic E-state index is 12.4. The Morgan fingerprint density at radius 1 is 1.32 bits per heavy atom. The predicted octanol–water partition coefficient (Wildman–Crippen LogP) is 3.98. The molecule has 19 heavy (non-hydrogen) atoms. The first kappa shape index (κ1) is 15.0. The van der Waals surface area contributed by atoms with Crippen LogP contribution >= 0.6 is 38.9 Å². The van der Waals surface area contributed by atoms with Gasteiger partial charge in [0.2, 0.25) is 10.0 Å². The van der Waals surface area contributed by atoms with Gasteiger partial charge < -0.3 is 0 Å². The monoisotopic (exact) mass is 379 g/mol. The number of rotatable bonds is 4. The molecule has 0 saturated heterocycles. The summed E-state index contributed by atoms with van der Waals surface area (Å²) in [5.41, 5.74) is 0. The molecular formula is C12H11BrClNO2S2. The van der Waals surface area contributed by atoms with Crippen molar-refractivity contribution in [1.29, 1.82) is 0 Å². The molecule has 0 aliphatic heterocycles. The molecule has 0 bridgehead atoms. The van der Waals surface area contributed by atoms with E-state index >= 15 is 0 Å². The highest BCUT2D eigenvalue weighted by molar-refractivity contribution is 9.11. The van der Waals surface area contributed by atoms with Gasteiger partial charge in [0, 0.05) is 23.5 Å². The Morgan fingerprint density at radius 2 is 2.05 bits per heavy atom. The summed E-state index contributed by atoms with van der Waals surface area (Å²) in [6.07, 6.45) is 0. The Hall–Kier alpha value is -0.400. The van der Waals surface area contributed by atoms with Gasteiger partial charge >= 0.3 is 0 Å². The minimum Gasteiger partial charge on any atom is -0.207 e. The quantitative estimate of drug-likeness (QED) is 0.804. The summed E-state index contributed by atoms with van der Waals surface area (Å²) in [5, 5.41) is 0.411. The summed E-state index contributed by atoms with van der Waals surface area (Å²) in [7, 11) is -1.95. The van der Waals surface area contributed by atoms with Crippen LogP contribution in [0.3, 0.4) is 0 Å². The van der Waals surface area contributed by atoms with Crippen LogP contribution in [0.4, 0.5) is 0 Å². The van der Waals surface area contributed by atoms with E-state index in [1.165, 1.54) is 21.7 Å².